The normalized spacial score (nSPS) is 14.3. The van der Waals surface area contributed by atoms with Gasteiger partial charge in [-0.3, -0.25) is 0 Å². The maximum atomic E-state index is 12.3. The number of rotatable bonds is 4. The zero-order valence-electron chi connectivity index (χ0n) is 12.8. The van der Waals surface area contributed by atoms with Gasteiger partial charge in [-0.1, -0.05) is 0 Å². The molecule has 3 rings (SSSR count). The maximum Gasteiger partial charge on any atom is 0.341 e. The molecule has 5 heteroatoms. The van der Waals surface area contributed by atoms with Crippen LogP contribution in [-0.4, -0.2) is 18.8 Å². The van der Waals surface area contributed by atoms with E-state index >= 15 is 0 Å². The summed E-state index contributed by atoms with van der Waals surface area (Å²) in [7, 11) is 0. The van der Waals surface area contributed by atoms with Crippen LogP contribution in [0.15, 0.2) is 16.4 Å². The fourth-order valence-corrected chi connectivity index (χ4v) is 4.70. The summed E-state index contributed by atoms with van der Waals surface area (Å²) in [5.74, 6) is -0.225. The Bertz CT molecular complexity index is 712. The zero-order chi connectivity index (χ0) is 15.5. The molecule has 0 amide bonds. The average molecular weight is 333 g/mol. The summed E-state index contributed by atoms with van der Waals surface area (Å²) >= 11 is 3.32. The number of esters is 1. The number of nitrogens with zero attached hydrogens (tertiary/aromatic N) is 1. The molecule has 2 aromatic rings. The van der Waals surface area contributed by atoms with Gasteiger partial charge in [-0.05, 0) is 62.1 Å². The molecule has 2 aromatic heterocycles. The van der Waals surface area contributed by atoms with Crippen LogP contribution in [0.4, 0.5) is 5.00 Å². The van der Waals surface area contributed by atoms with Gasteiger partial charge in [0, 0.05) is 16.0 Å². The summed E-state index contributed by atoms with van der Waals surface area (Å²) in [6, 6.07) is 2.08. The minimum absolute atomic E-state index is 0.225. The van der Waals surface area contributed by atoms with E-state index in [1.54, 1.807) is 22.7 Å². The van der Waals surface area contributed by atoms with Gasteiger partial charge in [-0.2, -0.15) is 0 Å². The summed E-state index contributed by atoms with van der Waals surface area (Å²) < 4.78 is 5.25. The summed E-state index contributed by atoms with van der Waals surface area (Å²) in [6.45, 7) is 4.31. The highest BCUT2D eigenvalue weighted by Gasteiger charge is 2.25. The van der Waals surface area contributed by atoms with Crippen LogP contribution in [0.5, 0.6) is 0 Å². The maximum absolute atomic E-state index is 12.3. The Morgan fingerprint density at radius 2 is 2.23 bits per heavy atom. The fraction of sp³-hybridized carbons (Fsp3) is 0.412. The Balaban J connectivity index is 1.99. The van der Waals surface area contributed by atoms with Crippen molar-refractivity contribution in [1.29, 1.82) is 0 Å². The largest absolute Gasteiger partial charge is 0.462 e. The average Bonchev–Trinajstić information content (AvgIpc) is 3.08. The molecular formula is C17H19NO2S2. The minimum Gasteiger partial charge on any atom is -0.462 e. The first-order valence-corrected chi connectivity index (χ1v) is 9.30. The van der Waals surface area contributed by atoms with E-state index < -0.39 is 0 Å². The minimum atomic E-state index is -0.225. The van der Waals surface area contributed by atoms with E-state index in [0.29, 0.717) is 12.2 Å². The molecule has 1 aliphatic rings. The van der Waals surface area contributed by atoms with Crippen LogP contribution in [0.3, 0.4) is 0 Å². The van der Waals surface area contributed by atoms with E-state index in [0.717, 1.165) is 29.1 Å². The number of carbonyl (C=O) groups is 1. The molecule has 0 atom stereocenters. The van der Waals surface area contributed by atoms with E-state index in [-0.39, 0.29) is 5.97 Å². The molecule has 116 valence electrons. The third kappa shape index (κ3) is 3.01. The van der Waals surface area contributed by atoms with Gasteiger partial charge in [0.05, 0.1) is 12.2 Å². The lowest BCUT2D eigenvalue weighted by Gasteiger charge is -2.11. The van der Waals surface area contributed by atoms with Gasteiger partial charge >= 0.3 is 5.97 Å². The summed E-state index contributed by atoms with van der Waals surface area (Å²) in [5, 5.41) is 2.86. The van der Waals surface area contributed by atoms with E-state index in [4.69, 9.17) is 4.74 Å². The second kappa shape index (κ2) is 6.75. The van der Waals surface area contributed by atoms with Gasteiger partial charge in [0.15, 0.2) is 0 Å². The Kier molecular flexibility index (Phi) is 4.74. The number of aliphatic imine (C=N–C) groups is 1. The zero-order valence-corrected chi connectivity index (χ0v) is 14.5. The number of hydrogen-bond acceptors (Lipinski definition) is 5. The summed E-state index contributed by atoms with van der Waals surface area (Å²) in [5.41, 5.74) is 3.09. The summed E-state index contributed by atoms with van der Waals surface area (Å²) in [6.07, 6.45) is 6.24. The van der Waals surface area contributed by atoms with Crippen LogP contribution in [-0.2, 0) is 17.6 Å². The van der Waals surface area contributed by atoms with Crippen molar-refractivity contribution in [1.82, 2.24) is 0 Å². The Morgan fingerprint density at radius 3 is 2.95 bits per heavy atom. The second-order valence-corrected chi connectivity index (χ2v) is 7.37. The topological polar surface area (TPSA) is 38.7 Å². The SMILES string of the molecule is CCOC(=O)c1c(N=Cc2sccc2C)sc2c1CCCC2. The van der Waals surface area contributed by atoms with Crippen LogP contribution in [0.25, 0.3) is 0 Å². The van der Waals surface area contributed by atoms with Crippen molar-refractivity contribution in [3.05, 3.63) is 37.9 Å². The number of fused-ring (bicyclic) bond motifs is 1. The lowest BCUT2D eigenvalue weighted by Crippen LogP contribution is -2.09. The van der Waals surface area contributed by atoms with Crippen molar-refractivity contribution in [3.8, 4) is 0 Å². The number of thiophene rings is 2. The van der Waals surface area contributed by atoms with Crippen molar-refractivity contribution in [2.75, 3.05) is 6.61 Å². The highest BCUT2D eigenvalue weighted by atomic mass is 32.1. The van der Waals surface area contributed by atoms with Crippen LogP contribution < -0.4 is 0 Å². The van der Waals surface area contributed by atoms with E-state index in [2.05, 4.69) is 23.4 Å². The molecule has 2 heterocycles. The van der Waals surface area contributed by atoms with Crippen molar-refractivity contribution < 1.29 is 9.53 Å². The molecular weight excluding hydrogens is 314 g/mol. The Hall–Kier alpha value is -1.46. The monoisotopic (exact) mass is 333 g/mol. The Morgan fingerprint density at radius 1 is 1.41 bits per heavy atom. The molecule has 0 aliphatic heterocycles. The van der Waals surface area contributed by atoms with Gasteiger partial charge in [-0.15, -0.1) is 22.7 Å². The van der Waals surface area contributed by atoms with Crippen LogP contribution in [0.1, 0.15) is 51.0 Å². The highest BCUT2D eigenvalue weighted by Crippen LogP contribution is 2.40. The molecule has 0 spiro atoms. The van der Waals surface area contributed by atoms with Gasteiger partial charge in [0.25, 0.3) is 0 Å². The van der Waals surface area contributed by atoms with Crippen LogP contribution in [0, 0.1) is 6.92 Å². The lowest BCUT2D eigenvalue weighted by molar-refractivity contribution is 0.0526. The molecule has 22 heavy (non-hydrogen) atoms. The van der Waals surface area contributed by atoms with Gasteiger partial charge in [0.1, 0.15) is 5.00 Å². The number of ether oxygens (including phenoxy) is 1. The van der Waals surface area contributed by atoms with E-state index in [1.165, 1.54) is 22.4 Å². The van der Waals surface area contributed by atoms with Crippen molar-refractivity contribution in [3.63, 3.8) is 0 Å². The van der Waals surface area contributed by atoms with Crippen LogP contribution >= 0.6 is 22.7 Å². The summed E-state index contributed by atoms with van der Waals surface area (Å²) in [4.78, 5) is 19.4. The lowest BCUT2D eigenvalue weighted by atomic mass is 9.95. The first-order chi connectivity index (χ1) is 10.7. The standard InChI is InChI=1S/C17H19NO2S2/c1-3-20-17(19)15-12-6-4-5-7-13(12)22-16(15)18-10-14-11(2)8-9-21-14/h8-10H,3-7H2,1-2H3. The van der Waals surface area contributed by atoms with Crippen molar-refractivity contribution >= 4 is 39.9 Å². The molecule has 0 saturated heterocycles. The molecule has 0 bridgehead atoms. The molecule has 0 N–H and O–H groups in total. The molecule has 0 radical (unpaired) electrons. The van der Waals surface area contributed by atoms with Crippen molar-refractivity contribution in [2.45, 2.75) is 39.5 Å². The number of carbonyl (C=O) groups excluding carboxylic acids is 1. The molecule has 0 fully saturated rings. The molecule has 0 saturated carbocycles. The smallest absolute Gasteiger partial charge is 0.341 e. The van der Waals surface area contributed by atoms with Gasteiger partial charge in [-0.25, -0.2) is 9.79 Å². The third-order valence-electron chi connectivity index (χ3n) is 3.83. The van der Waals surface area contributed by atoms with Gasteiger partial charge < -0.3 is 4.74 Å². The van der Waals surface area contributed by atoms with E-state index in [1.807, 2.05) is 13.1 Å². The fourth-order valence-electron chi connectivity index (χ4n) is 2.69. The quantitative estimate of drug-likeness (QED) is 0.588. The molecule has 3 nitrogen and oxygen atoms in total. The van der Waals surface area contributed by atoms with Gasteiger partial charge in [0.2, 0.25) is 0 Å². The van der Waals surface area contributed by atoms with Crippen molar-refractivity contribution in [2.24, 2.45) is 4.99 Å². The molecule has 0 unspecified atom stereocenters. The predicted molar refractivity (Wildman–Crippen MR) is 93.2 cm³/mol. The first-order valence-electron chi connectivity index (χ1n) is 7.60. The third-order valence-corrected chi connectivity index (χ3v) is 5.99. The predicted octanol–water partition coefficient (Wildman–Crippen LogP) is 4.92. The second-order valence-electron chi connectivity index (χ2n) is 5.34. The molecule has 0 aromatic carbocycles. The van der Waals surface area contributed by atoms with E-state index in [9.17, 15) is 4.79 Å². The molecule has 1 aliphatic carbocycles. The Labute approximate surface area is 138 Å². The number of aryl methyl sites for hydroxylation is 2. The van der Waals surface area contributed by atoms with Crippen LogP contribution in [0.2, 0.25) is 0 Å². The highest BCUT2D eigenvalue weighted by molar-refractivity contribution is 7.16. The first kappa shape index (κ1) is 15.4. The number of hydrogen-bond donors (Lipinski definition) is 0.